The molecule has 0 saturated carbocycles. The standard InChI is InChI=1S/C11H10BrN3O3/c1-15(6-7-2-4-9(12)18-7)11(17)8-3-5-10(16)14-13-8/h2-5H,6H2,1H3,(H,14,16). The number of rotatable bonds is 3. The predicted octanol–water partition coefficient (Wildman–Crippen LogP) is 1.40. The summed E-state index contributed by atoms with van der Waals surface area (Å²) in [6, 6.07) is 6.17. The van der Waals surface area contributed by atoms with Crippen LogP contribution < -0.4 is 5.56 Å². The zero-order valence-electron chi connectivity index (χ0n) is 9.51. The van der Waals surface area contributed by atoms with E-state index in [9.17, 15) is 9.59 Å². The summed E-state index contributed by atoms with van der Waals surface area (Å²) in [5.74, 6) is 0.362. The van der Waals surface area contributed by atoms with Gasteiger partial charge in [0.2, 0.25) is 0 Å². The van der Waals surface area contributed by atoms with Crippen LogP contribution in [0.3, 0.4) is 0 Å². The van der Waals surface area contributed by atoms with E-state index in [4.69, 9.17) is 4.42 Å². The lowest BCUT2D eigenvalue weighted by molar-refractivity contribution is 0.0768. The number of H-pyrrole nitrogens is 1. The highest BCUT2D eigenvalue weighted by Gasteiger charge is 2.15. The second-order valence-corrected chi connectivity index (χ2v) is 4.46. The van der Waals surface area contributed by atoms with Gasteiger partial charge >= 0.3 is 0 Å². The van der Waals surface area contributed by atoms with Gasteiger partial charge in [-0.15, -0.1) is 0 Å². The van der Waals surface area contributed by atoms with Gasteiger partial charge in [-0.25, -0.2) is 5.10 Å². The van der Waals surface area contributed by atoms with E-state index >= 15 is 0 Å². The number of nitrogens with one attached hydrogen (secondary N) is 1. The SMILES string of the molecule is CN(Cc1ccc(Br)o1)C(=O)c1ccc(=O)[nH]n1. The molecule has 0 aromatic carbocycles. The Labute approximate surface area is 111 Å². The van der Waals surface area contributed by atoms with Crippen LogP contribution in [0.25, 0.3) is 0 Å². The first kappa shape index (κ1) is 12.6. The fourth-order valence-electron chi connectivity index (χ4n) is 1.40. The molecular formula is C11H10BrN3O3. The Morgan fingerprint density at radius 3 is 2.78 bits per heavy atom. The predicted molar refractivity (Wildman–Crippen MR) is 67.1 cm³/mol. The van der Waals surface area contributed by atoms with Crippen LogP contribution in [0.2, 0.25) is 0 Å². The summed E-state index contributed by atoms with van der Waals surface area (Å²) in [4.78, 5) is 24.3. The number of halogens is 1. The van der Waals surface area contributed by atoms with Gasteiger partial charge < -0.3 is 9.32 Å². The third-order valence-electron chi connectivity index (χ3n) is 2.27. The maximum absolute atomic E-state index is 12.0. The number of furan rings is 1. The molecule has 0 spiro atoms. The van der Waals surface area contributed by atoms with Crippen LogP contribution in [-0.4, -0.2) is 28.1 Å². The first-order chi connectivity index (χ1) is 8.56. The van der Waals surface area contributed by atoms with Gasteiger partial charge in [-0.1, -0.05) is 0 Å². The number of aromatic nitrogens is 2. The fourth-order valence-corrected chi connectivity index (χ4v) is 1.74. The molecule has 2 aromatic rings. The Bertz CT molecular complexity index is 599. The molecule has 7 heteroatoms. The van der Waals surface area contributed by atoms with Crippen LogP contribution in [0.5, 0.6) is 0 Å². The van der Waals surface area contributed by atoms with Crippen LogP contribution in [0.1, 0.15) is 16.2 Å². The van der Waals surface area contributed by atoms with Crippen molar-refractivity contribution < 1.29 is 9.21 Å². The van der Waals surface area contributed by atoms with Crippen molar-refractivity contribution in [1.82, 2.24) is 15.1 Å². The molecule has 0 aliphatic carbocycles. The molecule has 0 aliphatic rings. The lowest BCUT2D eigenvalue weighted by Crippen LogP contribution is -2.27. The Hall–Kier alpha value is -1.89. The third-order valence-corrected chi connectivity index (χ3v) is 2.69. The number of nitrogens with zero attached hydrogens (tertiary/aromatic N) is 2. The molecule has 6 nitrogen and oxygen atoms in total. The van der Waals surface area contributed by atoms with Gasteiger partial charge in [0.15, 0.2) is 4.67 Å². The summed E-state index contributed by atoms with van der Waals surface area (Å²) in [5, 5.41) is 5.90. The maximum atomic E-state index is 12.0. The first-order valence-corrected chi connectivity index (χ1v) is 5.91. The van der Waals surface area contributed by atoms with Gasteiger partial charge in [0, 0.05) is 13.1 Å². The second-order valence-electron chi connectivity index (χ2n) is 3.67. The summed E-state index contributed by atoms with van der Waals surface area (Å²) in [7, 11) is 1.63. The van der Waals surface area contributed by atoms with Crippen LogP contribution in [0.15, 0.2) is 38.1 Å². The van der Waals surface area contributed by atoms with E-state index in [1.54, 1.807) is 19.2 Å². The molecule has 2 aromatic heterocycles. The van der Waals surface area contributed by atoms with E-state index in [1.165, 1.54) is 17.0 Å². The lowest BCUT2D eigenvalue weighted by Gasteiger charge is -2.14. The Morgan fingerprint density at radius 1 is 1.44 bits per heavy atom. The van der Waals surface area contributed by atoms with Gasteiger partial charge in [-0.3, -0.25) is 9.59 Å². The normalized spacial score (nSPS) is 10.3. The van der Waals surface area contributed by atoms with Crippen molar-refractivity contribution in [3.8, 4) is 0 Å². The maximum Gasteiger partial charge on any atom is 0.274 e. The minimum atomic E-state index is -0.343. The second kappa shape index (κ2) is 5.18. The number of carbonyl (C=O) groups excluding carboxylic acids is 1. The summed E-state index contributed by atoms with van der Waals surface area (Å²) in [5.41, 5.74) is -0.160. The average molecular weight is 312 g/mol. The number of amides is 1. The number of hydrogen-bond donors (Lipinski definition) is 1. The van der Waals surface area contributed by atoms with Crippen molar-refractivity contribution >= 4 is 21.8 Å². The highest BCUT2D eigenvalue weighted by Crippen LogP contribution is 2.15. The Morgan fingerprint density at radius 2 is 2.22 bits per heavy atom. The molecule has 2 heterocycles. The molecular weight excluding hydrogens is 302 g/mol. The van der Waals surface area contributed by atoms with Crippen molar-refractivity contribution in [3.05, 3.63) is 50.7 Å². The lowest BCUT2D eigenvalue weighted by atomic mass is 10.3. The molecule has 1 N–H and O–H groups in total. The minimum absolute atomic E-state index is 0.183. The van der Waals surface area contributed by atoms with Crippen molar-refractivity contribution in [2.24, 2.45) is 0 Å². The zero-order valence-corrected chi connectivity index (χ0v) is 11.1. The molecule has 18 heavy (non-hydrogen) atoms. The van der Waals surface area contributed by atoms with Crippen molar-refractivity contribution in [2.45, 2.75) is 6.54 Å². The van der Waals surface area contributed by atoms with Gasteiger partial charge in [0.1, 0.15) is 11.5 Å². The molecule has 1 amide bonds. The summed E-state index contributed by atoms with van der Waals surface area (Å²) >= 11 is 3.19. The summed E-state index contributed by atoms with van der Waals surface area (Å²) < 4.78 is 5.92. The van der Waals surface area contributed by atoms with Crippen LogP contribution in [-0.2, 0) is 6.54 Å². The van der Waals surface area contributed by atoms with Crippen LogP contribution >= 0.6 is 15.9 Å². The first-order valence-electron chi connectivity index (χ1n) is 5.11. The number of carbonyl (C=O) groups is 1. The largest absolute Gasteiger partial charge is 0.452 e. The molecule has 2 rings (SSSR count). The van der Waals surface area contributed by atoms with Gasteiger partial charge in [-0.05, 0) is 34.1 Å². The van der Waals surface area contributed by atoms with Gasteiger partial charge in [-0.2, -0.15) is 5.10 Å². The fraction of sp³-hybridized carbons (Fsp3) is 0.182. The van der Waals surface area contributed by atoms with Crippen LogP contribution in [0.4, 0.5) is 0 Å². The van der Waals surface area contributed by atoms with Crippen molar-refractivity contribution in [1.29, 1.82) is 0 Å². The average Bonchev–Trinajstić information content (AvgIpc) is 2.75. The zero-order chi connectivity index (χ0) is 13.1. The van der Waals surface area contributed by atoms with Crippen LogP contribution in [0, 0.1) is 0 Å². The summed E-state index contributed by atoms with van der Waals surface area (Å²) in [6.45, 7) is 0.325. The topological polar surface area (TPSA) is 79.2 Å². The Kier molecular flexibility index (Phi) is 3.61. The molecule has 0 radical (unpaired) electrons. The molecule has 0 saturated heterocycles. The minimum Gasteiger partial charge on any atom is -0.452 e. The quantitative estimate of drug-likeness (QED) is 0.929. The van der Waals surface area contributed by atoms with Gasteiger partial charge in [0.25, 0.3) is 11.5 Å². The highest BCUT2D eigenvalue weighted by molar-refractivity contribution is 9.10. The molecule has 0 fully saturated rings. The van der Waals surface area contributed by atoms with E-state index in [2.05, 4.69) is 26.1 Å². The molecule has 0 unspecified atom stereocenters. The monoisotopic (exact) mass is 311 g/mol. The third kappa shape index (κ3) is 2.86. The van der Waals surface area contributed by atoms with Crippen molar-refractivity contribution in [2.75, 3.05) is 7.05 Å². The van der Waals surface area contributed by atoms with E-state index < -0.39 is 0 Å². The Balaban J connectivity index is 2.09. The van der Waals surface area contributed by atoms with E-state index in [0.717, 1.165) is 0 Å². The smallest absolute Gasteiger partial charge is 0.274 e. The van der Waals surface area contributed by atoms with E-state index in [0.29, 0.717) is 17.0 Å². The number of aromatic amines is 1. The molecule has 94 valence electrons. The van der Waals surface area contributed by atoms with E-state index in [1.807, 2.05) is 0 Å². The van der Waals surface area contributed by atoms with Crippen molar-refractivity contribution in [3.63, 3.8) is 0 Å². The van der Waals surface area contributed by atoms with E-state index in [-0.39, 0.29) is 17.2 Å². The summed E-state index contributed by atoms with van der Waals surface area (Å²) in [6.07, 6.45) is 0. The van der Waals surface area contributed by atoms with Gasteiger partial charge in [0.05, 0.1) is 6.54 Å². The molecule has 0 bridgehead atoms. The molecule has 0 aliphatic heterocycles. The molecule has 0 atom stereocenters. The highest BCUT2D eigenvalue weighted by atomic mass is 79.9. The number of hydrogen-bond acceptors (Lipinski definition) is 4.